The Balaban J connectivity index is 1.99. The molecule has 3 N–H and O–H groups in total. The molecule has 14 heteroatoms. The van der Waals surface area contributed by atoms with Crippen molar-refractivity contribution in [3.05, 3.63) is 48.2 Å². The Morgan fingerprint density at radius 3 is 2.32 bits per heavy atom. The molecule has 0 aliphatic heterocycles. The van der Waals surface area contributed by atoms with E-state index in [2.05, 4.69) is 15.0 Å². The number of halogens is 3. The summed E-state index contributed by atoms with van der Waals surface area (Å²) in [6, 6.07) is 6.27. The maximum absolute atomic E-state index is 12.3. The van der Waals surface area contributed by atoms with Crippen molar-refractivity contribution >= 4 is 22.0 Å². The molecule has 168 valence electrons. The van der Waals surface area contributed by atoms with Gasteiger partial charge in [-0.2, -0.15) is 13.2 Å². The second-order valence-electron chi connectivity index (χ2n) is 5.73. The Morgan fingerprint density at radius 2 is 1.77 bits per heavy atom. The summed E-state index contributed by atoms with van der Waals surface area (Å²) in [7, 11) is -4.33. The van der Waals surface area contributed by atoms with E-state index in [0.29, 0.717) is 0 Å². The highest BCUT2D eigenvalue weighted by atomic mass is 32.2. The summed E-state index contributed by atoms with van der Waals surface area (Å²) < 4.78 is 72.0. The maximum Gasteiger partial charge on any atom is 0.422 e. The lowest BCUT2D eigenvalue weighted by molar-refractivity contribution is -0.153. The first kappa shape index (κ1) is 23.9. The molecule has 2 amide bonds. The quantitative estimate of drug-likeness (QED) is 0.530. The third-order valence-corrected chi connectivity index (χ3v) is 4.69. The van der Waals surface area contributed by atoms with E-state index in [9.17, 15) is 31.2 Å². The Labute approximate surface area is 174 Å². The van der Waals surface area contributed by atoms with Gasteiger partial charge in [0.25, 0.3) is 15.9 Å². The molecule has 0 unspecified atom stereocenters. The first-order chi connectivity index (χ1) is 14.5. The average molecular weight is 463 g/mol. The highest BCUT2D eigenvalue weighted by Crippen LogP contribution is 2.20. The molecule has 2 aromatic rings. The third-order valence-electron chi connectivity index (χ3n) is 3.34. The Morgan fingerprint density at radius 1 is 1.10 bits per heavy atom. The van der Waals surface area contributed by atoms with Crippen LogP contribution in [0.2, 0.25) is 0 Å². The zero-order valence-electron chi connectivity index (χ0n) is 15.5. The number of carbonyl (C=O) groups is 2. The summed E-state index contributed by atoms with van der Waals surface area (Å²) in [6.45, 7) is -1.86. The molecule has 0 bridgehead atoms. The van der Waals surface area contributed by atoms with Gasteiger partial charge in [0, 0.05) is 18.8 Å². The molecule has 0 saturated carbocycles. The lowest BCUT2D eigenvalue weighted by Gasteiger charge is -2.10. The van der Waals surface area contributed by atoms with Crippen molar-refractivity contribution in [1.82, 2.24) is 15.0 Å². The lowest BCUT2D eigenvalue weighted by Crippen LogP contribution is -2.31. The number of pyridine rings is 1. The SMILES string of the molecule is O=C(NCCO)Oc1ccc(C(=O)NS(=O)(=O)c2ccc(OCC(F)(F)F)cc2)cn1. The van der Waals surface area contributed by atoms with Gasteiger partial charge in [-0.05, 0) is 30.3 Å². The normalized spacial score (nSPS) is 11.5. The van der Waals surface area contributed by atoms with Crippen LogP contribution in [0.15, 0.2) is 47.5 Å². The fourth-order valence-corrected chi connectivity index (χ4v) is 2.96. The highest BCUT2D eigenvalue weighted by molar-refractivity contribution is 7.90. The topological polar surface area (TPSA) is 144 Å². The van der Waals surface area contributed by atoms with Crippen LogP contribution in [0.25, 0.3) is 0 Å². The molecular formula is C17H16F3N3O7S. The van der Waals surface area contributed by atoms with Crippen LogP contribution >= 0.6 is 0 Å². The summed E-state index contributed by atoms with van der Waals surface area (Å²) in [6.07, 6.45) is -4.46. The molecule has 1 heterocycles. The van der Waals surface area contributed by atoms with Gasteiger partial charge < -0.3 is 19.9 Å². The minimum absolute atomic E-state index is 0.0351. The van der Waals surface area contributed by atoms with Crippen LogP contribution < -0.4 is 19.5 Å². The van der Waals surface area contributed by atoms with Gasteiger partial charge in [-0.3, -0.25) is 4.79 Å². The fraction of sp³-hybridized carbons (Fsp3) is 0.235. The first-order valence-corrected chi connectivity index (χ1v) is 9.88. The Hall–Kier alpha value is -3.39. The summed E-state index contributed by atoms with van der Waals surface area (Å²) >= 11 is 0. The number of hydrogen-bond acceptors (Lipinski definition) is 8. The fourth-order valence-electron chi connectivity index (χ4n) is 1.98. The lowest BCUT2D eigenvalue weighted by atomic mass is 10.3. The van der Waals surface area contributed by atoms with Crippen molar-refractivity contribution in [2.45, 2.75) is 11.1 Å². The first-order valence-electron chi connectivity index (χ1n) is 8.39. The van der Waals surface area contributed by atoms with Gasteiger partial charge in [-0.15, -0.1) is 0 Å². The number of carbonyl (C=O) groups excluding carboxylic acids is 2. The summed E-state index contributed by atoms with van der Waals surface area (Å²) in [5, 5.41) is 10.8. The number of aliphatic hydroxyl groups excluding tert-OH is 1. The van der Waals surface area contributed by atoms with Gasteiger partial charge in [-0.25, -0.2) is 22.9 Å². The van der Waals surface area contributed by atoms with E-state index in [1.807, 2.05) is 0 Å². The van der Waals surface area contributed by atoms with Crippen LogP contribution in [0.1, 0.15) is 10.4 Å². The predicted octanol–water partition coefficient (Wildman–Crippen LogP) is 1.22. The molecule has 0 aliphatic carbocycles. The molecule has 10 nitrogen and oxygen atoms in total. The minimum atomic E-state index is -4.55. The monoisotopic (exact) mass is 463 g/mol. The number of hydrogen-bond donors (Lipinski definition) is 3. The van der Waals surface area contributed by atoms with E-state index in [4.69, 9.17) is 9.84 Å². The Kier molecular flexibility index (Phi) is 7.77. The number of benzene rings is 1. The van der Waals surface area contributed by atoms with Crippen molar-refractivity contribution in [3.8, 4) is 11.6 Å². The molecule has 0 spiro atoms. The number of sulfonamides is 1. The van der Waals surface area contributed by atoms with E-state index < -0.39 is 34.8 Å². The molecule has 0 atom stereocenters. The second kappa shape index (κ2) is 10.1. The summed E-state index contributed by atoms with van der Waals surface area (Å²) in [4.78, 5) is 26.8. The van der Waals surface area contributed by atoms with Gasteiger partial charge in [-0.1, -0.05) is 0 Å². The zero-order chi connectivity index (χ0) is 23.1. The largest absolute Gasteiger partial charge is 0.484 e. The molecule has 0 fully saturated rings. The number of amides is 2. The average Bonchev–Trinajstić information content (AvgIpc) is 2.70. The van der Waals surface area contributed by atoms with E-state index in [0.717, 1.165) is 42.6 Å². The van der Waals surface area contributed by atoms with Crippen LogP contribution in [0.5, 0.6) is 11.6 Å². The van der Waals surface area contributed by atoms with Gasteiger partial charge >= 0.3 is 12.3 Å². The van der Waals surface area contributed by atoms with Crippen LogP contribution in [-0.4, -0.2) is 56.4 Å². The van der Waals surface area contributed by atoms with Gasteiger partial charge in [0.15, 0.2) is 6.61 Å². The predicted molar refractivity (Wildman–Crippen MR) is 98.0 cm³/mol. The number of nitrogens with zero attached hydrogens (tertiary/aromatic N) is 1. The smallest absolute Gasteiger partial charge is 0.422 e. The van der Waals surface area contributed by atoms with E-state index in [-0.39, 0.29) is 35.2 Å². The van der Waals surface area contributed by atoms with E-state index in [1.54, 1.807) is 4.72 Å². The van der Waals surface area contributed by atoms with Gasteiger partial charge in [0.05, 0.1) is 17.1 Å². The van der Waals surface area contributed by atoms with Crippen molar-refractivity contribution in [2.24, 2.45) is 0 Å². The van der Waals surface area contributed by atoms with E-state index in [1.165, 1.54) is 0 Å². The van der Waals surface area contributed by atoms with Crippen molar-refractivity contribution in [3.63, 3.8) is 0 Å². The molecular weight excluding hydrogens is 447 g/mol. The minimum Gasteiger partial charge on any atom is -0.484 e. The molecule has 1 aromatic heterocycles. The van der Waals surface area contributed by atoms with Crippen molar-refractivity contribution in [1.29, 1.82) is 0 Å². The maximum atomic E-state index is 12.3. The van der Waals surface area contributed by atoms with Gasteiger partial charge in [0.2, 0.25) is 5.88 Å². The number of rotatable bonds is 8. The van der Waals surface area contributed by atoms with Crippen molar-refractivity contribution < 1.29 is 45.8 Å². The number of aromatic nitrogens is 1. The molecule has 1 aromatic carbocycles. The van der Waals surface area contributed by atoms with E-state index >= 15 is 0 Å². The van der Waals surface area contributed by atoms with Crippen molar-refractivity contribution in [2.75, 3.05) is 19.8 Å². The van der Waals surface area contributed by atoms with Crippen LogP contribution in [-0.2, 0) is 10.0 Å². The highest BCUT2D eigenvalue weighted by Gasteiger charge is 2.28. The summed E-state index contributed by atoms with van der Waals surface area (Å²) in [5.74, 6) is -1.42. The molecule has 31 heavy (non-hydrogen) atoms. The van der Waals surface area contributed by atoms with Crippen LogP contribution in [0.4, 0.5) is 18.0 Å². The van der Waals surface area contributed by atoms with Crippen LogP contribution in [0, 0.1) is 0 Å². The standard InChI is InChI=1S/C17H16F3N3O7S/c18-17(19,20)10-29-12-2-4-13(5-3-12)31(27,28)23-15(25)11-1-6-14(22-9-11)30-16(26)21-7-8-24/h1-6,9,24H,7-8,10H2,(H,21,26)(H,23,25). The second-order valence-corrected chi connectivity index (χ2v) is 7.42. The molecule has 2 rings (SSSR count). The number of aliphatic hydroxyl groups is 1. The van der Waals surface area contributed by atoms with Crippen LogP contribution in [0.3, 0.4) is 0 Å². The third kappa shape index (κ3) is 7.75. The summed E-state index contributed by atoms with van der Waals surface area (Å²) in [5.41, 5.74) is -0.170. The molecule has 0 saturated heterocycles. The van der Waals surface area contributed by atoms with Gasteiger partial charge in [0.1, 0.15) is 5.75 Å². The number of alkyl halides is 3. The number of nitrogens with one attached hydrogen (secondary N) is 2. The Bertz CT molecular complexity index is 1010. The molecule has 0 radical (unpaired) electrons. The molecule has 0 aliphatic rings. The number of ether oxygens (including phenoxy) is 2. The zero-order valence-corrected chi connectivity index (χ0v) is 16.4.